The zero-order valence-electron chi connectivity index (χ0n) is 14.1. The first kappa shape index (κ1) is 16.0. The van der Waals surface area contributed by atoms with Gasteiger partial charge in [0.1, 0.15) is 0 Å². The topological polar surface area (TPSA) is 49.4 Å². The van der Waals surface area contributed by atoms with E-state index in [2.05, 4.69) is 12.2 Å². The van der Waals surface area contributed by atoms with Gasteiger partial charge in [-0.2, -0.15) is 0 Å². The van der Waals surface area contributed by atoms with E-state index in [1.807, 2.05) is 29.2 Å². The highest BCUT2D eigenvalue weighted by Gasteiger charge is 2.52. The van der Waals surface area contributed by atoms with Crippen molar-refractivity contribution in [2.24, 2.45) is 11.3 Å². The molecule has 0 bridgehead atoms. The van der Waals surface area contributed by atoms with Crippen LogP contribution in [0.3, 0.4) is 0 Å². The predicted molar refractivity (Wildman–Crippen MR) is 90.2 cm³/mol. The molecule has 1 aliphatic carbocycles. The van der Waals surface area contributed by atoms with Crippen molar-refractivity contribution >= 4 is 11.8 Å². The second-order valence-corrected chi connectivity index (χ2v) is 6.97. The number of hydrogen-bond acceptors (Lipinski definition) is 2. The second-order valence-electron chi connectivity index (χ2n) is 6.97. The van der Waals surface area contributed by atoms with Gasteiger partial charge < -0.3 is 10.2 Å². The third-order valence-corrected chi connectivity index (χ3v) is 5.71. The summed E-state index contributed by atoms with van der Waals surface area (Å²) in [5, 5.41) is 2.80. The Morgan fingerprint density at radius 2 is 1.87 bits per heavy atom. The monoisotopic (exact) mass is 314 g/mol. The van der Waals surface area contributed by atoms with Gasteiger partial charge in [-0.25, -0.2) is 0 Å². The fourth-order valence-corrected chi connectivity index (χ4v) is 4.31. The lowest BCUT2D eigenvalue weighted by Gasteiger charge is -2.28. The van der Waals surface area contributed by atoms with E-state index < -0.39 is 0 Å². The number of carbonyl (C=O) groups is 2. The zero-order valence-corrected chi connectivity index (χ0v) is 14.1. The molecule has 1 atom stereocenters. The first-order valence-electron chi connectivity index (χ1n) is 8.69. The highest BCUT2D eigenvalue weighted by Crippen LogP contribution is 2.49. The third-order valence-electron chi connectivity index (χ3n) is 5.71. The average molecular weight is 314 g/mol. The van der Waals surface area contributed by atoms with Crippen LogP contribution in [0.15, 0.2) is 24.3 Å². The van der Waals surface area contributed by atoms with Crippen LogP contribution in [0.5, 0.6) is 0 Å². The van der Waals surface area contributed by atoms with E-state index in [4.69, 9.17) is 0 Å². The molecule has 1 saturated carbocycles. The van der Waals surface area contributed by atoms with Gasteiger partial charge in [-0.1, -0.05) is 31.9 Å². The molecule has 1 aliphatic heterocycles. The number of carbonyl (C=O) groups excluding carboxylic acids is 2. The van der Waals surface area contributed by atoms with Crippen molar-refractivity contribution in [1.82, 2.24) is 10.2 Å². The number of aryl methyl sites for hydroxylation is 1. The van der Waals surface area contributed by atoms with Crippen LogP contribution in [0.2, 0.25) is 0 Å². The molecule has 1 heterocycles. The van der Waals surface area contributed by atoms with Gasteiger partial charge in [-0.15, -0.1) is 0 Å². The van der Waals surface area contributed by atoms with Gasteiger partial charge in [0.05, 0.1) is 5.92 Å². The van der Waals surface area contributed by atoms with Gasteiger partial charge in [0, 0.05) is 31.1 Å². The molecule has 1 spiro atoms. The number of likely N-dealkylation sites (tertiary alicyclic amines) is 1. The minimum atomic E-state index is -0.0612. The molecule has 2 amide bonds. The first-order chi connectivity index (χ1) is 11.1. The Kier molecular flexibility index (Phi) is 4.42. The molecule has 2 fully saturated rings. The minimum Gasteiger partial charge on any atom is -0.359 e. The van der Waals surface area contributed by atoms with Crippen molar-refractivity contribution in [3.8, 4) is 0 Å². The van der Waals surface area contributed by atoms with Crippen LogP contribution in [-0.2, 0) is 11.2 Å². The van der Waals surface area contributed by atoms with E-state index in [9.17, 15) is 9.59 Å². The number of nitrogens with zero attached hydrogens (tertiary/aromatic N) is 1. The summed E-state index contributed by atoms with van der Waals surface area (Å²) in [6.07, 6.45) is 5.43. The predicted octanol–water partition coefficient (Wildman–Crippen LogP) is 2.63. The Hall–Kier alpha value is -1.84. The summed E-state index contributed by atoms with van der Waals surface area (Å²) in [5.74, 6) is 0.0859. The summed E-state index contributed by atoms with van der Waals surface area (Å²) in [6, 6.07) is 7.86. The van der Waals surface area contributed by atoms with E-state index in [0.29, 0.717) is 6.54 Å². The molecule has 3 rings (SSSR count). The van der Waals surface area contributed by atoms with E-state index in [-0.39, 0.29) is 23.1 Å². The van der Waals surface area contributed by atoms with Gasteiger partial charge in [0.15, 0.2) is 0 Å². The molecule has 1 aromatic carbocycles. The number of amides is 2. The standard InChI is InChI=1S/C19H26N2O2/c1-3-14-6-8-15(9-7-14)18(23)21-12-16(17(22)20-2)19(13-21)10-4-5-11-19/h6-9,16H,3-5,10-13H2,1-2H3,(H,20,22)/t16-/m0/s1. The quantitative estimate of drug-likeness (QED) is 0.932. The van der Waals surface area contributed by atoms with Crippen LogP contribution in [0, 0.1) is 11.3 Å². The van der Waals surface area contributed by atoms with Gasteiger partial charge in [-0.05, 0) is 37.0 Å². The summed E-state index contributed by atoms with van der Waals surface area (Å²) in [5.41, 5.74) is 1.96. The molecule has 0 aromatic heterocycles. The van der Waals surface area contributed by atoms with Gasteiger partial charge in [-0.3, -0.25) is 9.59 Å². The summed E-state index contributed by atoms with van der Waals surface area (Å²) in [7, 11) is 1.69. The Morgan fingerprint density at radius 1 is 1.22 bits per heavy atom. The molecule has 0 radical (unpaired) electrons. The Bertz CT molecular complexity index is 588. The molecule has 0 unspecified atom stereocenters. The van der Waals surface area contributed by atoms with Crippen molar-refractivity contribution in [3.05, 3.63) is 35.4 Å². The average Bonchev–Trinajstić information content (AvgIpc) is 3.21. The molecule has 124 valence electrons. The lowest BCUT2D eigenvalue weighted by molar-refractivity contribution is -0.127. The van der Waals surface area contributed by atoms with Crippen LogP contribution in [0.25, 0.3) is 0 Å². The van der Waals surface area contributed by atoms with Crippen molar-refractivity contribution < 1.29 is 9.59 Å². The van der Waals surface area contributed by atoms with Crippen LogP contribution in [-0.4, -0.2) is 36.9 Å². The molecule has 23 heavy (non-hydrogen) atoms. The highest BCUT2D eigenvalue weighted by atomic mass is 16.2. The molecule has 2 aliphatic rings. The lowest BCUT2D eigenvalue weighted by atomic mass is 9.76. The second kappa shape index (κ2) is 6.34. The minimum absolute atomic E-state index is 0.000880. The Labute approximate surface area is 138 Å². The van der Waals surface area contributed by atoms with Crippen LogP contribution < -0.4 is 5.32 Å². The maximum absolute atomic E-state index is 12.8. The van der Waals surface area contributed by atoms with Gasteiger partial charge in [0.25, 0.3) is 5.91 Å². The molecule has 1 aromatic rings. The zero-order chi connectivity index (χ0) is 16.4. The highest BCUT2D eigenvalue weighted by molar-refractivity contribution is 5.95. The van der Waals surface area contributed by atoms with Crippen molar-refractivity contribution in [2.75, 3.05) is 20.1 Å². The Morgan fingerprint density at radius 3 is 2.43 bits per heavy atom. The molecule has 4 nitrogen and oxygen atoms in total. The summed E-state index contributed by atoms with van der Waals surface area (Å²) >= 11 is 0. The fourth-order valence-electron chi connectivity index (χ4n) is 4.31. The largest absolute Gasteiger partial charge is 0.359 e. The number of hydrogen-bond donors (Lipinski definition) is 1. The maximum Gasteiger partial charge on any atom is 0.253 e. The molecule has 4 heteroatoms. The summed E-state index contributed by atoms with van der Waals surface area (Å²) in [4.78, 5) is 27.0. The first-order valence-corrected chi connectivity index (χ1v) is 8.69. The number of benzene rings is 1. The maximum atomic E-state index is 12.8. The van der Waals surface area contributed by atoms with Crippen LogP contribution in [0.4, 0.5) is 0 Å². The van der Waals surface area contributed by atoms with Crippen molar-refractivity contribution in [3.63, 3.8) is 0 Å². The molecular formula is C19H26N2O2. The molecule has 1 saturated heterocycles. The SMILES string of the molecule is CCc1ccc(C(=O)N2C[C@@H](C(=O)NC)C3(CCCC3)C2)cc1. The number of rotatable bonds is 3. The summed E-state index contributed by atoms with van der Waals surface area (Å²) in [6.45, 7) is 3.38. The smallest absolute Gasteiger partial charge is 0.253 e. The van der Waals surface area contributed by atoms with Crippen molar-refractivity contribution in [2.45, 2.75) is 39.0 Å². The Balaban J connectivity index is 1.80. The molecular weight excluding hydrogens is 288 g/mol. The fraction of sp³-hybridized carbons (Fsp3) is 0.579. The van der Waals surface area contributed by atoms with Crippen LogP contribution in [0.1, 0.15) is 48.5 Å². The van der Waals surface area contributed by atoms with E-state index in [1.165, 1.54) is 18.4 Å². The normalized spacial score (nSPS) is 22.5. The van der Waals surface area contributed by atoms with Crippen molar-refractivity contribution in [1.29, 1.82) is 0 Å². The van der Waals surface area contributed by atoms with Crippen LogP contribution >= 0.6 is 0 Å². The van der Waals surface area contributed by atoms with E-state index in [1.54, 1.807) is 7.05 Å². The lowest BCUT2D eigenvalue weighted by Crippen LogP contribution is -2.38. The summed E-state index contributed by atoms with van der Waals surface area (Å²) < 4.78 is 0. The van der Waals surface area contributed by atoms with Gasteiger partial charge in [0.2, 0.25) is 5.91 Å². The van der Waals surface area contributed by atoms with Gasteiger partial charge >= 0.3 is 0 Å². The number of nitrogens with one attached hydrogen (secondary N) is 1. The third kappa shape index (κ3) is 2.87. The van der Waals surface area contributed by atoms with E-state index in [0.717, 1.165) is 31.4 Å². The molecule has 1 N–H and O–H groups in total. The van der Waals surface area contributed by atoms with E-state index >= 15 is 0 Å².